The van der Waals surface area contributed by atoms with Crippen LogP contribution in [0.5, 0.6) is 0 Å². The van der Waals surface area contributed by atoms with Crippen molar-refractivity contribution < 1.29 is 14.9 Å². The van der Waals surface area contributed by atoms with Crippen molar-refractivity contribution in [1.82, 2.24) is 19.5 Å². The van der Waals surface area contributed by atoms with Crippen LogP contribution in [0.15, 0.2) is 25.3 Å². The van der Waals surface area contributed by atoms with E-state index in [1.54, 1.807) is 10.9 Å². The number of aliphatic hydroxyl groups is 2. The molecule has 1 saturated heterocycles. The van der Waals surface area contributed by atoms with Crippen LogP contribution in [-0.2, 0) is 4.74 Å². The minimum Gasteiger partial charge on any atom is -0.393 e. The van der Waals surface area contributed by atoms with Crippen LogP contribution in [0.4, 0.5) is 5.82 Å². The molecule has 0 spiro atoms. The second kappa shape index (κ2) is 5.26. The Kier molecular flexibility index (Phi) is 3.33. The first-order valence-corrected chi connectivity index (χ1v) is 7.71. The number of nitrogens with one attached hydrogen (secondary N) is 1. The maximum Gasteiger partial charge on any atom is 0.167 e. The molecule has 2 fully saturated rings. The molecule has 23 heavy (non-hydrogen) atoms. The monoisotopic (exact) mass is 317 g/mol. The molecular formula is C15H19N5O3. The lowest BCUT2D eigenvalue weighted by Crippen LogP contribution is -2.40. The minimum atomic E-state index is -1.15. The lowest BCUT2D eigenvalue weighted by atomic mass is 9.98. The van der Waals surface area contributed by atoms with Crippen molar-refractivity contribution in [3.63, 3.8) is 0 Å². The first-order chi connectivity index (χ1) is 11.2. The van der Waals surface area contributed by atoms with E-state index in [9.17, 15) is 10.2 Å². The van der Waals surface area contributed by atoms with Gasteiger partial charge >= 0.3 is 0 Å². The van der Waals surface area contributed by atoms with Gasteiger partial charge in [-0.2, -0.15) is 0 Å². The number of fused-ring (bicyclic) bond motifs is 1. The zero-order chi connectivity index (χ0) is 16.0. The molecule has 2 aliphatic rings. The molecule has 3 heterocycles. The van der Waals surface area contributed by atoms with Gasteiger partial charge in [-0.05, 0) is 12.8 Å². The number of anilines is 1. The molecule has 3 N–H and O–H groups in total. The zero-order valence-electron chi connectivity index (χ0n) is 12.6. The van der Waals surface area contributed by atoms with Gasteiger partial charge < -0.3 is 20.3 Å². The van der Waals surface area contributed by atoms with E-state index in [1.165, 1.54) is 12.4 Å². The molecule has 3 atom stereocenters. The summed E-state index contributed by atoms with van der Waals surface area (Å²) in [6.45, 7) is 3.33. The highest BCUT2D eigenvalue weighted by atomic mass is 16.6. The summed E-state index contributed by atoms with van der Waals surface area (Å²) in [6, 6.07) is 0.464. The third-order valence-corrected chi connectivity index (χ3v) is 4.52. The van der Waals surface area contributed by atoms with Crippen molar-refractivity contribution in [3.8, 4) is 0 Å². The molecule has 4 rings (SSSR count). The van der Waals surface area contributed by atoms with E-state index < -0.39 is 17.9 Å². The lowest BCUT2D eigenvalue weighted by Gasteiger charge is -2.26. The van der Waals surface area contributed by atoms with Crippen molar-refractivity contribution in [1.29, 1.82) is 0 Å². The SMILES string of the molecule is C=C[C@]1(CO)O[C@@H](n2cnc3c(NC4CC4)ncnc32)C[C@@H]1O. The number of aromatic nitrogens is 4. The highest BCUT2D eigenvalue weighted by Gasteiger charge is 2.46. The molecular weight excluding hydrogens is 298 g/mol. The third kappa shape index (κ3) is 2.30. The smallest absolute Gasteiger partial charge is 0.167 e. The van der Waals surface area contributed by atoms with Gasteiger partial charge in [0.1, 0.15) is 18.2 Å². The predicted octanol–water partition coefficient (Wildman–Crippen LogP) is 0.597. The number of imidazole rings is 1. The highest BCUT2D eigenvalue weighted by Crippen LogP contribution is 2.39. The Morgan fingerprint density at radius 3 is 2.91 bits per heavy atom. The summed E-state index contributed by atoms with van der Waals surface area (Å²) in [5, 5.41) is 23.1. The van der Waals surface area contributed by atoms with Gasteiger partial charge in [0.2, 0.25) is 0 Å². The van der Waals surface area contributed by atoms with Crippen molar-refractivity contribution in [2.75, 3.05) is 11.9 Å². The molecule has 0 bridgehead atoms. The van der Waals surface area contributed by atoms with Crippen molar-refractivity contribution >= 4 is 17.0 Å². The molecule has 1 aliphatic carbocycles. The largest absolute Gasteiger partial charge is 0.393 e. The van der Waals surface area contributed by atoms with Gasteiger partial charge in [0, 0.05) is 12.5 Å². The average Bonchev–Trinajstić information content (AvgIpc) is 3.16. The van der Waals surface area contributed by atoms with E-state index in [0.29, 0.717) is 29.4 Å². The number of hydrogen-bond acceptors (Lipinski definition) is 7. The molecule has 2 aromatic heterocycles. The van der Waals surface area contributed by atoms with E-state index in [0.717, 1.165) is 12.8 Å². The zero-order valence-corrected chi connectivity index (χ0v) is 12.6. The maximum absolute atomic E-state index is 10.2. The number of aliphatic hydroxyl groups excluding tert-OH is 2. The number of hydrogen-bond donors (Lipinski definition) is 3. The van der Waals surface area contributed by atoms with Gasteiger partial charge in [0.05, 0.1) is 19.0 Å². The molecule has 8 nitrogen and oxygen atoms in total. The molecule has 2 aromatic rings. The van der Waals surface area contributed by atoms with Gasteiger partial charge in [0.15, 0.2) is 17.0 Å². The first kappa shape index (κ1) is 14.6. The van der Waals surface area contributed by atoms with Crippen LogP contribution in [0.1, 0.15) is 25.5 Å². The second-order valence-electron chi connectivity index (χ2n) is 6.11. The van der Waals surface area contributed by atoms with Gasteiger partial charge in [-0.25, -0.2) is 15.0 Å². The van der Waals surface area contributed by atoms with Crippen LogP contribution in [0, 0.1) is 0 Å². The number of nitrogens with zero attached hydrogens (tertiary/aromatic N) is 4. The molecule has 8 heteroatoms. The Morgan fingerprint density at radius 1 is 1.43 bits per heavy atom. The molecule has 122 valence electrons. The minimum absolute atomic E-state index is 0.327. The Hall–Kier alpha value is -2.03. The van der Waals surface area contributed by atoms with E-state index in [4.69, 9.17) is 4.74 Å². The molecule has 0 aromatic carbocycles. The van der Waals surface area contributed by atoms with Crippen molar-refractivity contribution in [2.24, 2.45) is 0 Å². The Morgan fingerprint density at radius 2 is 2.26 bits per heavy atom. The first-order valence-electron chi connectivity index (χ1n) is 7.71. The van der Waals surface area contributed by atoms with Crippen LogP contribution in [-0.4, -0.2) is 54.1 Å². The Labute approximate surface area is 132 Å². The van der Waals surface area contributed by atoms with Gasteiger partial charge in [-0.15, -0.1) is 6.58 Å². The van der Waals surface area contributed by atoms with Gasteiger partial charge in [0.25, 0.3) is 0 Å². The van der Waals surface area contributed by atoms with Gasteiger partial charge in [-0.1, -0.05) is 6.08 Å². The van der Waals surface area contributed by atoms with E-state index in [-0.39, 0.29) is 6.61 Å². The highest BCUT2D eigenvalue weighted by molar-refractivity contribution is 5.83. The summed E-state index contributed by atoms with van der Waals surface area (Å²) in [6.07, 6.45) is 5.88. The topological polar surface area (TPSA) is 105 Å². The lowest BCUT2D eigenvalue weighted by molar-refractivity contribution is -0.0953. The fraction of sp³-hybridized carbons (Fsp3) is 0.533. The Balaban J connectivity index is 1.68. The summed E-state index contributed by atoms with van der Waals surface area (Å²) in [5.41, 5.74) is 0.166. The van der Waals surface area contributed by atoms with Crippen LogP contribution in [0.25, 0.3) is 11.2 Å². The summed E-state index contributed by atoms with van der Waals surface area (Å²) < 4.78 is 7.63. The van der Waals surface area contributed by atoms with E-state index in [2.05, 4.69) is 26.8 Å². The van der Waals surface area contributed by atoms with Crippen molar-refractivity contribution in [2.45, 2.75) is 43.2 Å². The fourth-order valence-electron chi connectivity index (χ4n) is 2.92. The maximum atomic E-state index is 10.2. The average molecular weight is 317 g/mol. The number of ether oxygens (including phenoxy) is 1. The molecule has 1 saturated carbocycles. The van der Waals surface area contributed by atoms with Crippen LogP contribution in [0.2, 0.25) is 0 Å². The summed E-state index contributed by atoms with van der Waals surface area (Å²) in [7, 11) is 0. The summed E-state index contributed by atoms with van der Waals surface area (Å²) >= 11 is 0. The van der Waals surface area contributed by atoms with E-state index >= 15 is 0 Å². The molecule has 0 radical (unpaired) electrons. The molecule has 1 aliphatic heterocycles. The van der Waals surface area contributed by atoms with Crippen LogP contribution < -0.4 is 5.32 Å². The summed E-state index contributed by atoms with van der Waals surface area (Å²) in [4.78, 5) is 13.0. The third-order valence-electron chi connectivity index (χ3n) is 4.52. The summed E-state index contributed by atoms with van der Waals surface area (Å²) in [5.74, 6) is 0.715. The van der Waals surface area contributed by atoms with Crippen LogP contribution in [0.3, 0.4) is 0 Å². The van der Waals surface area contributed by atoms with Crippen LogP contribution >= 0.6 is 0 Å². The molecule has 0 amide bonds. The Bertz CT molecular complexity index is 744. The van der Waals surface area contributed by atoms with Crippen molar-refractivity contribution in [3.05, 3.63) is 25.3 Å². The van der Waals surface area contributed by atoms with Gasteiger partial charge in [-0.3, -0.25) is 4.57 Å². The molecule has 0 unspecified atom stereocenters. The second-order valence-corrected chi connectivity index (χ2v) is 6.11. The predicted molar refractivity (Wildman–Crippen MR) is 82.7 cm³/mol. The quantitative estimate of drug-likeness (QED) is 0.693. The fourth-order valence-corrected chi connectivity index (χ4v) is 2.92. The standard InChI is InChI=1S/C15H19N5O3/c1-2-15(6-21)10(22)5-11(23-15)20-8-18-12-13(19-9-3-4-9)16-7-17-14(12)20/h2,7-11,21-22H,1,3-6H2,(H,16,17,19)/t10-,11+,15+/m0/s1. The number of rotatable bonds is 5. The normalized spacial score (nSPS) is 30.7. The van der Waals surface area contributed by atoms with E-state index in [1.807, 2.05) is 0 Å².